The Labute approximate surface area is 145 Å². The highest BCUT2D eigenvalue weighted by Crippen LogP contribution is 2.36. The lowest BCUT2D eigenvalue weighted by molar-refractivity contribution is -0.348. The predicted molar refractivity (Wildman–Crippen MR) is 85.3 cm³/mol. The first kappa shape index (κ1) is 18.0. The van der Waals surface area contributed by atoms with Crippen LogP contribution in [0.15, 0.2) is 43.0 Å². The first-order valence-electron chi connectivity index (χ1n) is 8.11. The topological polar surface area (TPSA) is 63.2 Å². The summed E-state index contributed by atoms with van der Waals surface area (Å²) in [5.74, 6) is -0.617. The van der Waals surface area contributed by atoms with E-state index >= 15 is 0 Å². The predicted octanol–water partition coefficient (Wildman–Crippen LogP) is 2.30. The highest BCUT2D eigenvalue weighted by molar-refractivity contribution is 5.66. The third-order valence-corrected chi connectivity index (χ3v) is 4.05. The molecule has 0 aromatic heterocycles. The van der Waals surface area contributed by atoms with E-state index in [1.165, 1.54) is 13.0 Å². The Morgan fingerprint density at radius 1 is 1.32 bits per heavy atom. The molecular weight excluding hydrogens is 331 g/mol. The Morgan fingerprint density at radius 3 is 2.76 bits per heavy atom. The second kappa shape index (κ2) is 8.05. The Kier molecular flexibility index (Phi) is 5.80. The highest BCUT2D eigenvalue weighted by Gasteiger charge is 2.52. The fourth-order valence-corrected chi connectivity index (χ4v) is 3.00. The summed E-state index contributed by atoms with van der Waals surface area (Å²) in [6, 6.07) is 9.37. The summed E-state index contributed by atoms with van der Waals surface area (Å²) in [6.07, 6.45) is -4.25. The zero-order valence-electron chi connectivity index (χ0n) is 13.9. The third-order valence-electron chi connectivity index (χ3n) is 4.05. The van der Waals surface area contributed by atoms with Gasteiger partial charge in [0.2, 0.25) is 6.36 Å². The maximum Gasteiger partial charge on any atom is 0.303 e. The average molecular weight is 352 g/mol. The van der Waals surface area contributed by atoms with Gasteiger partial charge in [-0.1, -0.05) is 36.4 Å². The van der Waals surface area contributed by atoms with Crippen molar-refractivity contribution < 1.29 is 32.9 Å². The Bertz CT molecular complexity index is 594. The average Bonchev–Trinajstić information content (AvgIpc) is 2.61. The molecule has 0 N–H and O–H groups in total. The van der Waals surface area contributed by atoms with Crippen molar-refractivity contribution in [2.75, 3.05) is 13.2 Å². The van der Waals surface area contributed by atoms with Crippen LogP contribution < -0.4 is 0 Å². The zero-order chi connectivity index (χ0) is 17.8. The number of rotatable bonds is 5. The molecule has 6 atom stereocenters. The molecule has 2 saturated heterocycles. The number of benzene rings is 1. The van der Waals surface area contributed by atoms with Crippen molar-refractivity contribution in [3.63, 3.8) is 0 Å². The summed E-state index contributed by atoms with van der Waals surface area (Å²) < 4.78 is 42.1. The summed E-state index contributed by atoms with van der Waals surface area (Å²) in [7, 11) is 0. The van der Waals surface area contributed by atoms with E-state index < -0.39 is 43.0 Å². The Hall–Kier alpha value is -1.80. The first-order valence-corrected chi connectivity index (χ1v) is 8.11. The van der Waals surface area contributed by atoms with Crippen molar-refractivity contribution in [3.05, 3.63) is 48.6 Å². The Morgan fingerprint density at radius 2 is 2.08 bits per heavy atom. The van der Waals surface area contributed by atoms with Gasteiger partial charge >= 0.3 is 5.97 Å². The largest absolute Gasteiger partial charge is 0.454 e. The van der Waals surface area contributed by atoms with Gasteiger partial charge in [-0.15, -0.1) is 6.58 Å². The number of hydrogen-bond donors (Lipinski definition) is 0. The van der Waals surface area contributed by atoms with Crippen LogP contribution in [0.25, 0.3) is 0 Å². The van der Waals surface area contributed by atoms with Gasteiger partial charge in [0.05, 0.1) is 13.2 Å². The minimum absolute atomic E-state index is 0.144. The molecule has 2 fully saturated rings. The zero-order valence-corrected chi connectivity index (χ0v) is 13.9. The van der Waals surface area contributed by atoms with E-state index in [2.05, 4.69) is 6.58 Å². The number of halogens is 1. The van der Waals surface area contributed by atoms with Crippen LogP contribution in [0, 0.1) is 0 Å². The minimum atomic E-state index is -1.82. The number of alkyl halides is 1. The first-order chi connectivity index (χ1) is 12.1. The summed E-state index contributed by atoms with van der Waals surface area (Å²) in [4.78, 5) is 11.3. The van der Waals surface area contributed by atoms with E-state index in [0.29, 0.717) is 0 Å². The van der Waals surface area contributed by atoms with Gasteiger partial charge in [0.1, 0.15) is 18.3 Å². The van der Waals surface area contributed by atoms with Crippen LogP contribution in [0.3, 0.4) is 0 Å². The molecule has 2 aliphatic rings. The van der Waals surface area contributed by atoms with E-state index in [0.717, 1.165) is 5.56 Å². The smallest absolute Gasteiger partial charge is 0.303 e. The summed E-state index contributed by atoms with van der Waals surface area (Å²) >= 11 is 0. The summed E-state index contributed by atoms with van der Waals surface area (Å²) in [5.41, 5.74) is 0.829. The van der Waals surface area contributed by atoms with Crippen LogP contribution in [-0.2, 0) is 28.5 Å². The van der Waals surface area contributed by atoms with Crippen molar-refractivity contribution >= 4 is 5.97 Å². The molecule has 136 valence electrons. The van der Waals surface area contributed by atoms with Crippen LogP contribution in [-0.4, -0.2) is 50.0 Å². The van der Waals surface area contributed by atoms with Gasteiger partial charge in [-0.3, -0.25) is 4.79 Å². The molecule has 2 unspecified atom stereocenters. The lowest BCUT2D eigenvalue weighted by Gasteiger charge is -2.46. The van der Waals surface area contributed by atoms with Crippen molar-refractivity contribution in [3.8, 4) is 0 Å². The monoisotopic (exact) mass is 352 g/mol. The molecule has 25 heavy (non-hydrogen) atoms. The molecule has 2 aliphatic heterocycles. The molecule has 0 aliphatic carbocycles. The van der Waals surface area contributed by atoms with Gasteiger partial charge in [0, 0.05) is 12.5 Å². The second-order valence-electron chi connectivity index (χ2n) is 5.86. The number of fused-ring (bicyclic) bond motifs is 1. The standard InChI is InChI=1S/C18H21FO6/c1-3-9-21-15-14-13(24-17(19)16(15)23-11(2)20)10-22-18(25-14)12-7-5-4-6-8-12/h3-8,13-18H,1,9-10H2,2H3/t13-,14-,15+,16-,17?,18?/m1/s1. The fraction of sp³-hybridized carbons (Fsp3) is 0.500. The number of hydrogen-bond acceptors (Lipinski definition) is 6. The number of carbonyl (C=O) groups excluding carboxylic acids is 1. The van der Waals surface area contributed by atoms with Crippen molar-refractivity contribution in [1.82, 2.24) is 0 Å². The maximum atomic E-state index is 14.4. The third kappa shape index (κ3) is 4.07. The lowest BCUT2D eigenvalue weighted by atomic mass is 9.97. The van der Waals surface area contributed by atoms with Crippen molar-refractivity contribution in [1.29, 1.82) is 0 Å². The van der Waals surface area contributed by atoms with Crippen LogP contribution in [0.4, 0.5) is 4.39 Å². The van der Waals surface area contributed by atoms with Crippen molar-refractivity contribution in [2.24, 2.45) is 0 Å². The molecule has 6 nitrogen and oxygen atoms in total. The maximum absolute atomic E-state index is 14.4. The van der Waals surface area contributed by atoms with Gasteiger partial charge < -0.3 is 23.7 Å². The summed E-state index contributed by atoms with van der Waals surface area (Å²) in [5, 5.41) is 0. The SMILES string of the molecule is C=CCO[C@H]1[C@@H]2OC(c3ccccc3)OC[C@H]2OC(F)[C@@H]1OC(C)=O. The second-order valence-corrected chi connectivity index (χ2v) is 5.86. The number of carbonyl (C=O) groups is 1. The van der Waals surface area contributed by atoms with E-state index in [9.17, 15) is 9.18 Å². The van der Waals surface area contributed by atoms with Crippen LogP contribution in [0.5, 0.6) is 0 Å². The molecule has 2 heterocycles. The van der Waals surface area contributed by atoms with Crippen LogP contribution in [0.1, 0.15) is 18.8 Å². The number of esters is 1. The molecule has 3 rings (SSSR count). The molecule has 1 aromatic carbocycles. The van der Waals surface area contributed by atoms with E-state index in [1.807, 2.05) is 30.3 Å². The van der Waals surface area contributed by atoms with Gasteiger partial charge in [0.25, 0.3) is 0 Å². The molecule has 0 saturated carbocycles. The van der Waals surface area contributed by atoms with Crippen LogP contribution >= 0.6 is 0 Å². The normalized spacial score (nSPS) is 34.8. The van der Waals surface area contributed by atoms with Crippen LogP contribution in [0.2, 0.25) is 0 Å². The fourth-order valence-electron chi connectivity index (χ4n) is 3.00. The molecule has 1 aromatic rings. The van der Waals surface area contributed by atoms with E-state index in [-0.39, 0.29) is 13.2 Å². The highest BCUT2D eigenvalue weighted by atomic mass is 19.1. The molecule has 0 amide bonds. The van der Waals surface area contributed by atoms with Gasteiger partial charge in [-0.2, -0.15) is 0 Å². The van der Waals surface area contributed by atoms with E-state index in [1.54, 1.807) is 0 Å². The quantitative estimate of drug-likeness (QED) is 0.599. The molecular formula is C18H21FO6. The summed E-state index contributed by atoms with van der Waals surface area (Å²) in [6.45, 7) is 5.11. The van der Waals surface area contributed by atoms with Gasteiger partial charge in [-0.25, -0.2) is 4.39 Å². The van der Waals surface area contributed by atoms with E-state index in [4.69, 9.17) is 23.7 Å². The molecule has 7 heteroatoms. The van der Waals surface area contributed by atoms with Crippen molar-refractivity contribution in [2.45, 2.75) is 44.0 Å². The number of ether oxygens (including phenoxy) is 5. The van der Waals surface area contributed by atoms with Gasteiger partial charge in [-0.05, 0) is 0 Å². The van der Waals surface area contributed by atoms with Gasteiger partial charge in [0.15, 0.2) is 12.4 Å². The minimum Gasteiger partial charge on any atom is -0.454 e. The molecule has 0 bridgehead atoms. The lowest BCUT2D eigenvalue weighted by Crippen LogP contribution is -2.62. The molecule has 0 radical (unpaired) electrons. The molecule has 0 spiro atoms. The Balaban J connectivity index is 1.81.